The van der Waals surface area contributed by atoms with Crippen LogP contribution < -0.4 is 10.1 Å². The van der Waals surface area contributed by atoms with E-state index in [1.165, 1.54) is 7.11 Å². The molecule has 96 valence electrons. The number of carbonyl (C=O) groups excluding carboxylic acids is 1. The molecule has 6 heteroatoms. The third kappa shape index (κ3) is 4.47. The van der Waals surface area contributed by atoms with Gasteiger partial charge in [0.2, 0.25) is 5.91 Å². The molecule has 0 atom stereocenters. The zero-order valence-corrected chi connectivity index (χ0v) is 10.7. The maximum absolute atomic E-state index is 11.5. The van der Waals surface area contributed by atoms with E-state index in [4.69, 9.17) is 11.2 Å². The van der Waals surface area contributed by atoms with Crippen molar-refractivity contribution in [3.63, 3.8) is 0 Å². The molecule has 0 saturated carbocycles. The smallest absolute Gasteiger partial charge is 0.239 e. The predicted molar refractivity (Wildman–Crippen MR) is 69.1 cm³/mol. The fourth-order valence-corrected chi connectivity index (χ4v) is 2.08. The number of ether oxygens (including phenoxy) is 1. The van der Waals surface area contributed by atoms with Gasteiger partial charge in [0.05, 0.1) is 7.11 Å². The SMILES string of the molecule is C#CCS(=O)(=O)CC(=O)Nc1ccc(OC)cc1. The lowest BCUT2D eigenvalue weighted by molar-refractivity contribution is -0.113. The number of carbonyl (C=O) groups is 1. The number of terminal acetylenes is 1. The van der Waals surface area contributed by atoms with Gasteiger partial charge in [0.15, 0.2) is 9.84 Å². The number of nitrogens with one attached hydrogen (secondary N) is 1. The highest BCUT2D eigenvalue weighted by Crippen LogP contribution is 2.14. The number of amides is 1. The molecule has 0 unspecified atom stereocenters. The zero-order valence-electron chi connectivity index (χ0n) is 9.84. The fourth-order valence-electron chi connectivity index (χ4n) is 1.25. The Hall–Kier alpha value is -2.00. The van der Waals surface area contributed by atoms with Gasteiger partial charge in [0.1, 0.15) is 17.3 Å². The Morgan fingerprint density at radius 3 is 2.50 bits per heavy atom. The number of rotatable bonds is 5. The number of anilines is 1. The minimum atomic E-state index is -3.54. The number of sulfone groups is 1. The molecule has 0 radical (unpaired) electrons. The Labute approximate surface area is 106 Å². The molecule has 18 heavy (non-hydrogen) atoms. The summed E-state index contributed by atoms with van der Waals surface area (Å²) in [5, 5.41) is 2.47. The molecular formula is C12H13NO4S. The molecule has 1 rings (SSSR count). The molecule has 0 fully saturated rings. The van der Waals surface area contributed by atoms with E-state index < -0.39 is 27.3 Å². The molecule has 0 aliphatic heterocycles. The van der Waals surface area contributed by atoms with Crippen LogP contribution in [0.4, 0.5) is 5.69 Å². The molecule has 1 aromatic rings. The number of hydrogen-bond acceptors (Lipinski definition) is 4. The standard InChI is InChI=1S/C12H13NO4S/c1-3-8-18(15,16)9-12(14)13-10-4-6-11(17-2)7-5-10/h1,4-7H,8-9H2,2H3,(H,13,14). The van der Waals surface area contributed by atoms with Crippen LogP contribution in [0.2, 0.25) is 0 Å². The van der Waals surface area contributed by atoms with Crippen molar-refractivity contribution in [1.29, 1.82) is 0 Å². The van der Waals surface area contributed by atoms with E-state index in [1.807, 2.05) is 5.92 Å². The van der Waals surface area contributed by atoms with Gasteiger partial charge in [0.25, 0.3) is 0 Å². The van der Waals surface area contributed by atoms with E-state index >= 15 is 0 Å². The molecule has 1 aromatic carbocycles. The van der Waals surface area contributed by atoms with Crippen LogP contribution in [0.15, 0.2) is 24.3 Å². The summed E-state index contributed by atoms with van der Waals surface area (Å²) in [6.07, 6.45) is 4.90. The van der Waals surface area contributed by atoms with E-state index in [0.29, 0.717) is 11.4 Å². The second-order valence-corrected chi connectivity index (χ2v) is 5.58. The second-order valence-electron chi connectivity index (χ2n) is 3.51. The first-order valence-electron chi connectivity index (χ1n) is 5.04. The Morgan fingerprint density at radius 2 is 2.00 bits per heavy atom. The van der Waals surface area contributed by atoms with Crippen LogP contribution in [0.5, 0.6) is 5.75 Å². The lowest BCUT2D eigenvalue weighted by atomic mass is 10.3. The lowest BCUT2D eigenvalue weighted by Gasteiger charge is -2.06. The molecule has 0 aliphatic carbocycles. The number of benzene rings is 1. The molecule has 1 N–H and O–H groups in total. The molecule has 1 amide bonds. The second kappa shape index (κ2) is 6.07. The van der Waals surface area contributed by atoms with Crippen molar-refractivity contribution in [2.24, 2.45) is 0 Å². The maximum Gasteiger partial charge on any atom is 0.239 e. The van der Waals surface area contributed by atoms with E-state index in [9.17, 15) is 13.2 Å². The summed E-state index contributed by atoms with van der Waals surface area (Å²) in [7, 11) is -2.01. The molecule has 0 heterocycles. The third-order valence-electron chi connectivity index (χ3n) is 2.03. The molecule has 0 saturated heterocycles. The minimum absolute atomic E-state index is 0.441. The summed E-state index contributed by atoms with van der Waals surface area (Å²) in [6, 6.07) is 6.55. The third-order valence-corrected chi connectivity index (χ3v) is 3.34. The van der Waals surface area contributed by atoms with Crippen molar-refractivity contribution in [2.45, 2.75) is 0 Å². The highest BCUT2D eigenvalue weighted by molar-refractivity contribution is 7.92. The summed E-state index contributed by atoms with van der Waals surface area (Å²) < 4.78 is 27.6. The Balaban J connectivity index is 2.62. The van der Waals surface area contributed by atoms with Crippen molar-refractivity contribution in [3.05, 3.63) is 24.3 Å². The van der Waals surface area contributed by atoms with Crippen LogP contribution in [0.1, 0.15) is 0 Å². The Morgan fingerprint density at radius 1 is 1.39 bits per heavy atom. The fraction of sp³-hybridized carbons (Fsp3) is 0.250. The van der Waals surface area contributed by atoms with E-state index in [2.05, 4.69) is 5.32 Å². The molecule has 0 spiro atoms. The highest BCUT2D eigenvalue weighted by atomic mass is 32.2. The van der Waals surface area contributed by atoms with Crippen LogP contribution >= 0.6 is 0 Å². The summed E-state index contributed by atoms with van der Waals surface area (Å²) >= 11 is 0. The van der Waals surface area contributed by atoms with Crippen LogP contribution in [0, 0.1) is 12.3 Å². The first kappa shape index (κ1) is 14.1. The van der Waals surface area contributed by atoms with E-state index in [1.54, 1.807) is 24.3 Å². The first-order chi connectivity index (χ1) is 8.46. The quantitative estimate of drug-likeness (QED) is 0.796. The van der Waals surface area contributed by atoms with Gasteiger partial charge in [-0.05, 0) is 24.3 Å². The minimum Gasteiger partial charge on any atom is -0.497 e. The summed E-state index contributed by atoms with van der Waals surface area (Å²) in [5.74, 6) is 0.975. The zero-order chi connectivity index (χ0) is 13.6. The van der Waals surface area contributed by atoms with Gasteiger partial charge in [0, 0.05) is 5.69 Å². The number of methoxy groups -OCH3 is 1. The lowest BCUT2D eigenvalue weighted by Crippen LogP contribution is -2.24. The van der Waals surface area contributed by atoms with Gasteiger partial charge in [-0.1, -0.05) is 5.92 Å². The molecular weight excluding hydrogens is 254 g/mol. The van der Waals surface area contributed by atoms with E-state index in [-0.39, 0.29) is 0 Å². The molecule has 0 aliphatic rings. The molecule has 5 nitrogen and oxygen atoms in total. The average molecular weight is 267 g/mol. The van der Waals surface area contributed by atoms with Crippen molar-refractivity contribution in [2.75, 3.05) is 23.9 Å². The Kier molecular flexibility index (Phi) is 4.75. The van der Waals surface area contributed by atoms with Gasteiger partial charge in [-0.15, -0.1) is 6.42 Å². The summed E-state index contributed by atoms with van der Waals surface area (Å²) in [5.41, 5.74) is 0.497. The van der Waals surface area contributed by atoms with Crippen molar-refractivity contribution < 1.29 is 17.9 Å². The normalized spacial score (nSPS) is 10.4. The summed E-state index contributed by atoms with van der Waals surface area (Å²) in [6.45, 7) is 0. The molecule has 0 aromatic heterocycles. The van der Waals surface area contributed by atoms with Crippen molar-refractivity contribution >= 4 is 21.4 Å². The summed E-state index contributed by atoms with van der Waals surface area (Å²) in [4.78, 5) is 11.5. The first-order valence-corrected chi connectivity index (χ1v) is 6.87. The van der Waals surface area contributed by atoms with Crippen LogP contribution in [0.25, 0.3) is 0 Å². The van der Waals surface area contributed by atoms with Gasteiger partial charge in [-0.3, -0.25) is 4.79 Å². The van der Waals surface area contributed by atoms with Crippen LogP contribution in [0.3, 0.4) is 0 Å². The van der Waals surface area contributed by atoms with E-state index in [0.717, 1.165) is 0 Å². The van der Waals surface area contributed by atoms with Crippen LogP contribution in [-0.2, 0) is 14.6 Å². The van der Waals surface area contributed by atoms with Gasteiger partial charge < -0.3 is 10.1 Å². The largest absolute Gasteiger partial charge is 0.497 e. The monoisotopic (exact) mass is 267 g/mol. The number of hydrogen-bond donors (Lipinski definition) is 1. The topological polar surface area (TPSA) is 72.5 Å². The van der Waals surface area contributed by atoms with Crippen molar-refractivity contribution in [1.82, 2.24) is 0 Å². The average Bonchev–Trinajstić information content (AvgIpc) is 2.28. The molecule has 0 bridgehead atoms. The predicted octanol–water partition coefficient (Wildman–Crippen LogP) is 0.682. The van der Waals surface area contributed by atoms with Gasteiger partial charge in [-0.25, -0.2) is 8.42 Å². The van der Waals surface area contributed by atoms with Gasteiger partial charge >= 0.3 is 0 Å². The van der Waals surface area contributed by atoms with Gasteiger partial charge in [-0.2, -0.15) is 0 Å². The highest BCUT2D eigenvalue weighted by Gasteiger charge is 2.15. The van der Waals surface area contributed by atoms with Crippen molar-refractivity contribution in [3.8, 4) is 18.1 Å². The maximum atomic E-state index is 11.5. The van der Waals surface area contributed by atoms with Crippen LogP contribution in [-0.4, -0.2) is 32.9 Å². The Bertz CT molecular complexity index is 555.